The van der Waals surface area contributed by atoms with E-state index < -0.39 is 26.9 Å². The van der Waals surface area contributed by atoms with E-state index in [1.807, 2.05) is 0 Å². The van der Waals surface area contributed by atoms with Gasteiger partial charge in [0.05, 0.1) is 15.8 Å². The average Bonchev–Trinajstić information content (AvgIpc) is 3.35. The second kappa shape index (κ2) is 9.00. The molecular formula is C26H22N2O8S. The summed E-state index contributed by atoms with van der Waals surface area (Å²) in [7, 11) is -3.98. The number of nitrogens with zero attached hydrogens (tertiary/aromatic N) is 1. The van der Waals surface area contributed by atoms with E-state index in [4.69, 9.17) is 18.9 Å². The highest BCUT2D eigenvalue weighted by Gasteiger charge is 2.40. The van der Waals surface area contributed by atoms with Crippen LogP contribution in [0.2, 0.25) is 0 Å². The van der Waals surface area contributed by atoms with Gasteiger partial charge in [0.25, 0.3) is 0 Å². The van der Waals surface area contributed by atoms with Gasteiger partial charge in [0.15, 0.2) is 32.8 Å². The summed E-state index contributed by atoms with van der Waals surface area (Å²) in [4.78, 5) is 27.6. The number of rotatable bonds is 4. The maximum atomic E-state index is 13.8. The molecule has 1 N–H and O–H groups in total. The molecule has 1 atom stereocenters. The molecule has 0 aromatic heterocycles. The molecular weight excluding hydrogens is 500 g/mol. The maximum absolute atomic E-state index is 13.8. The van der Waals surface area contributed by atoms with Crippen LogP contribution in [0.4, 0.5) is 11.4 Å². The first-order valence-corrected chi connectivity index (χ1v) is 13.2. The lowest BCUT2D eigenvalue weighted by Gasteiger charge is -2.22. The van der Waals surface area contributed by atoms with Gasteiger partial charge < -0.3 is 29.2 Å². The molecule has 1 unspecified atom stereocenters. The Morgan fingerprint density at radius 2 is 1.59 bits per heavy atom. The fourth-order valence-electron chi connectivity index (χ4n) is 4.64. The standard InChI is InChI=1S/C26H22N2O8S/c29-25(27-17-6-8-19-22(12-17)34-10-9-33-19)14-28-18-3-1-2-4-23(18)37(31,32)24(13-26(28)30)16-5-7-20-21(11-16)36-15-35-20/h1-8,11-12,24H,9-10,13-15H2,(H,27,29). The van der Waals surface area contributed by atoms with Crippen molar-refractivity contribution in [3.05, 3.63) is 66.2 Å². The predicted molar refractivity (Wildman–Crippen MR) is 132 cm³/mol. The maximum Gasteiger partial charge on any atom is 0.244 e. The highest BCUT2D eigenvalue weighted by molar-refractivity contribution is 7.92. The van der Waals surface area contributed by atoms with Crippen LogP contribution in [0.25, 0.3) is 0 Å². The van der Waals surface area contributed by atoms with E-state index in [1.165, 1.54) is 17.0 Å². The van der Waals surface area contributed by atoms with Crippen LogP contribution in [0, 0.1) is 0 Å². The topological polar surface area (TPSA) is 120 Å². The number of carbonyl (C=O) groups is 2. The number of fused-ring (bicyclic) bond motifs is 3. The summed E-state index contributed by atoms with van der Waals surface area (Å²) in [5, 5.41) is 1.60. The number of para-hydroxylation sites is 1. The quantitative estimate of drug-likeness (QED) is 0.555. The van der Waals surface area contributed by atoms with Crippen LogP contribution in [-0.4, -0.2) is 46.8 Å². The lowest BCUT2D eigenvalue weighted by Crippen LogP contribution is -2.38. The number of sulfone groups is 1. The van der Waals surface area contributed by atoms with Crippen LogP contribution < -0.4 is 29.2 Å². The minimum Gasteiger partial charge on any atom is -0.486 e. The normalized spacial score (nSPS) is 19.1. The Labute approximate surface area is 212 Å². The molecule has 2 amide bonds. The number of benzene rings is 3. The monoisotopic (exact) mass is 522 g/mol. The Kier molecular flexibility index (Phi) is 5.64. The smallest absolute Gasteiger partial charge is 0.244 e. The van der Waals surface area contributed by atoms with E-state index in [2.05, 4.69) is 5.32 Å². The first-order chi connectivity index (χ1) is 17.9. The summed E-state index contributed by atoms with van der Waals surface area (Å²) in [5.74, 6) is 1.05. The highest BCUT2D eigenvalue weighted by Crippen LogP contribution is 2.43. The van der Waals surface area contributed by atoms with Gasteiger partial charge in [0.1, 0.15) is 19.8 Å². The van der Waals surface area contributed by atoms with Gasteiger partial charge in [-0.3, -0.25) is 9.59 Å². The molecule has 10 nitrogen and oxygen atoms in total. The Bertz CT molecular complexity index is 1520. The van der Waals surface area contributed by atoms with Crippen molar-refractivity contribution in [1.82, 2.24) is 0 Å². The fourth-order valence-corrected chi connectivity index (χ4v) is 6.55. The van der Waals surface area contributed by atoms with Gasteiger partial charge in [0.2, 0.25) is 18.6 Å². The number of amides is 2. The molecule has 0 saturated heterocycles. The van der Waals surface area contributed by atoms with Gasteiger partial charge >= 0.3 is 0 Å². The zero-order valence-electron chi connectivity index (χ0n) is 19.5. The Balaban J connectivity index is 1.30. The van der Waals surface area contributed by atoms with E-state index in [0.29, 0.717) is 47.5 Å². The lowest BCUT2D eigenvalue weighted by molar-refractivity contribution is -0.121. The molecule has 0 spiro atoms. The Morgan fingerprint density at radius 3 is 2.46 bits per heavy atom. The van der Waals surface area contributed by atoms with Crippen molar-refractivity contribution < 1.29 is 37.0 Å². The molecule has 3 heterocycles. The molecule has 3 aromatic rings. The van der Waals surface area contributed by atoms with Crippen molar-refractivity contribution in [2.45, 2.75) is 16.6 Å². The fraction of sp³-hybridized carbons (Fsp3) is 0.231. The summed E-state index contributed by atoms with van der Waals surface area (Å²) in [6, 6.07) is 16.1. The number of hydrogen-bond donors (Lipinski definition) is 1. The predicted octanol–water partition coefficient (Wildman–Crippen LogP) is 3.08. The first kappa shape index (κ1) is 23.2. The molecule has 0 radical (unpaired) electrons. The van der Waals surface area contributed by atoms with Crippen LogP contribution in [0.15, 0.2) is 65.6 Å². The summed E-state index contributed by atoms with van der Waals surface area (Å²) >= 11 is 0. The van der Waals surface area contributed by atoms with Gasteiger partial charge in [-0.2, -0.15) is 0 Å². The molecule has 3 aromatic carbocycles. The second-order valence-electron chi connectivity index (χ2n) is 8.70. The minimum atomic E-state index is -3.98. The van der Waals surface area contributed by atoms with E-state index in [9.17, 15) is 18.0 Å². The van der Waals surface area contributed by atoms with Crippen LogP contribution in [-0.2, 0) is 19.4 Å². The zero-order chi connectivity index (χ0) is 25.6. The van der Waals surface area contributed by atoms with Gasteiger partial charge in [-0.15, -0.1) is 0 Å². The van der Waals surface area contributed by atoms with Crippen LogP contribution in [0.3, 0.4) is 0 Å². The number of ether oxygens (including phenoxy) is 4. The van der Waals surface area contributed by atoms with E-state index >= 15 is 0 Å². The molecule has 190 valence electrons. The summed E-state index contributed by atoms with van der Waals surface area (Å²) in [5.41, 5.74) is 1.04. The Morgan fingerprint density at radius 1 is 0.892 bits per heavy atom. The largest absolute Gasteiger partial charge is 0.486 e. The van der Waals surface area contributed by atoms with Crippen molar-refractivity contribution in [2.75, 3.05) is 36.8 Å². The molecule has 0 fully saturated rings. The number of hydrogen-bond acceptors (Lipinski definition) is 8. The minimum absolute atomic E-state index is 0.0179. The molecule has 3 aliphatic rings. The van der Waals surface area contributed by atoms with Gasteiger partial charge in [-0.1, -0.05) is 18.2 Å². The molecule has 0 aliphatic carbocycles. The lowest BCUT2D eigenvalue weighted by atomic mass is 10.1. The number of anilines is 2. The van der Waals surface area contributed by atoms with Gasteiger partial charge in [0, 0.05) is 18.2 Å². The van der Waals surface area contributed by atoms with Crippen molar-refractivity contribution in [3.8, 4) is 23.0 Å². The SMILES string of the molecule is O=C(CN1C(=O)CC(c2ccc3c(c2)OCO3)S(=O)(=O)c2ccccc21)Nc1ccc2c(c1)OCCO2. The van der Waals surface area contributed by atoms with Crippen LogP contribution in [0.5, 0.6) is 23.0 Å². The zero-order valence-corrected chi connectivity index (χ0v) is 20.3. The van der Waals surface area contributed by atoms with Crippen LogP contribution >= 0.6 is 0 Å². The third kappa shape index (κ3) is 4.20. The van der Waals surface area contributed by atoms with Crippen molar-refractivity contribution in [2.24, 2.45) is 0 Å². The van der Waals surface area contributed by atoms with Crippen molar-refractivity contribution >= 4 is 33.0 Å². The average molecular weight is 523 g/mol. The summed E-state index contributed by atoms with van der Waals surface area (Å²) in [6.45, 7) is 0.533. The van der Waals surface area contributed by atoms with E-state index in [-0.39, 0.29) is 30.3 Å². The number of carbonyl (C=O) groups excluding carboxylic acids is 2. The molecule has 0 bridgehead atoms. The molecule has 11 heteroatoms. The van der Waals surface area contributed by atoms with Crippen molar-refractivity contribution in [1.29, 1.82) is 0 Å². The summed E-state index contributed by atoms with van der Waals surface area (Å²) in [6.07, 6.45) is -0.339. The first-order valence-electron chi connectivity index (χ1n) is 11.6. The molecule has 0 saturated carbocycles. The van der Waals surface area contributed by atoms with Gasteiger partial charge in [-0.25, -0.2) is 8.42 Å². The Hall–Kier alpha value is -4.25. The highest BCUT2D eigenvalue weighted by atomic mass is 32.2. The van der Waals surface area contributed by atoms with Crippen LogP contribution in [0.1, 0.15) is 17.2 Å². The summed E-state index contributed by atoms with van der Waals surface area (Å²) < 4.78 is 49.3. The molecule has 6 rings (SSSR count). The van der Waals surface area contributed by atoms with E-state index in [0.717, 1.165) is 0 Å². The third-order valence-corrected chi connectivity index (χ3v) is 8.54. The molecule has 3 aliphatic heterocycles. The molecule has 37 heavy (non-hydrogen) atoms. The van der Waals surface area contributed by atoms with Crippen molar-refractivity contribution in [3.63, 3.8) is 0 Å². The second-order valence-corrected chi connectivity index (χ2v) is 10.8. The number of nitrogens with one attached hydrogen (secondary N) is 1. The van der Waals surface area contributed by atoms with Gasteiger partial charge in [-0.05, 0) is 42.0 Å². The third-order valence-electron chi connectivity index (χ3n) is 6.39. The van der Waals surface area contributed by atoms with E-state index in [1.54, 1.807) is 48.5 Å².